The minimum absolute atomic E-state index is 0.0306. The van der Waals surface area contributed by atoms with Crippen LogP contribution in [0, 0.1) is 0 Å². The number of nitrogens with one attached hydrogen (secondary N) is 1. The number of aliphatic carboxylic acids is 2. The first-order chi connectivity index (χ1) is 14.1. The van der Waals surface area contributed by atoms with E-state index in [1.165, 1.54) is 17.7 Å². The van der Waals surface area contributed by atoms with Crippen LogP contribution >= 0.6 is 0 Å². The van der Waals surface area contributed by atoms with E-state index in [-0.39, 0.29) is 12.0 Å². The zero-order valence-electron chi connectivity index (χ0n) is 16.2. The van der Waals surface area contributed by atoms with Gasteiger partial charge in [-0.25, -0.2) is 9.59 Å². The summed E-state index contributed by atoms with van der Waals surface area (Å²) >= 11 is 0. The molecule has 1 aliphatic carbocycles. The number of alkyl halides is 3. The zero-order valence-corrected chi connectivity index (χ0v) is 16.2. The second-order valence-electron chi connectivity index (χ2n) is 6.73. The monoisotopic (exact) mass is 421 g/mol. The third-order valence-corrected chi connectivity index (χ3v) is 4.82. The highest BCUT2D eigenvalue weighted by Gasteiger charge is 2.32. The molecule has 0 radical (unpaired) electrons. The van der Waals surface area contributed by atoms with Crippen LogP contribution in [0.4, 0.5) is 13.2 Å². The molecule has 0 bridgehead atoms. The smallest absolute Gasteiger partial charge is 0.416 e. The molecule has 0 aromatic heterocycles. The molecule has 0 saturated carbocycles. The van der Waals surface area contributed by atoms with Gasteiger partial charge in [-0.2, -0.15) is 13.2 Å². The number of carboxylic acid groups (broad SMARTS) is 2. The van der Waals surface area contributed by atoms with E-state index in [4.69, 9.17) is 10.2 Å². The summed E-state index contributed by atoms with van der Waals surface area (Å²) in [5.74, 6) is -2.48. The lowest BCUT2D eigenvalue weighted by atomic mass is 9.76. The topological polar surface area (TPSA) is 86.6 Å². The fourth-order valence-corrected chi connectivity index (χ4v) is 3.51. The van der Waals surface area contributed by atoms with E-state index in [9.17, 15) is 22.8 Å². The second-order valence-corrected chi connectivity index (χ2v) is 6.73. The van der Waals surface area contributed by atoms with Crippen molar-refractivity contribution in [1.29, 1.82) is 0 Å². The van der Waals surface area contributed by atoms with E-state index in [0.717, 1.165) is 30.0 Å². The quantitative estimate of drug-likeness (QED) is 0.628. The third kappa shape index (κ3) is 6.18. The lowest BCUT2D eigenvalue weighted by Crippen LogP contribution is -2.24. The van der Waals surface area contributed by atoms with E-state index in [1.807, 2.05) is 25.2 Å². The maximum atomic E-state index is 12.9. The minimum atomic E-state index is -4.29. The lowest BCUT2D eigenvalue weighted by Gasteiger charge is -2.32. The number of halogens is 3. The summed E-state index contributed by atoms with van der Waals surface area (Å²) in [5, 5.41) is 18.9. The van der Waals surface area contributed by atoms with Crippen molar-refractivity contribution in [2.24, 2.45) is 0 Å². The fourth-order valence-electron chi connectivity index (χ4n) is 3.51. The molecule has 160 valence electrons. The van der Waals surface area contributed by atoms with Gasteiger partial charge in [0.1, 0.15) is 0 Å². The van der Waals surface area contributed by atoms with E-state index >= 15 is 0 Å². The molecule has 0 unspecified atom stereocenters. The maximum Gasteiger partial charge on any atom is 0.416 e. The Balaban J connectivity index is 0.000000343. The van der Waals surface area contributed by atoms with Crippen LogP contribution in [0.5, 0.6) is 0 Å². The van der Waals surface area contributed by atoms with Gasteiger partial charge in [-0.1, -0.05) is 42.5 Å². The third-order valence-electron chi connectivity index (χ3n) is 4.82. The lowest BCUT2D eigenvalue weighted by molar-refractivity contribution is -0.137. The average molecular weight is 421 g/mol. The molecule has 0 spiro atoms. The highest BCUT2D eigenvalue weighted by atomic mass is 19.4. The Hall–Kier alpha value is -3.13. The number of hydrogen-bond acceptors (Lipinski definition) is 3. The van der Waals surface area contributed by atoms with E-state index in [2.05, 4.69) is 11.4 Å². The molecule has 0 saturated heterocycles. The summed E-state index contributed by atoms with van der Waals surface area (Å²) in [6.45, 7) is 0. The number of carboxylic acids is 2. The number of hydrogen-bond donors (Lipinski definition) is 3. The Morgan fingerprint density at radius 3 is 2.10 bits per heavy atom. The molecule has 0 fully saturated rings. The van der Waals surface area contributed by atoms with Gasteiger partial charge in [0.15, 0.2) is 0 Å². The van der Waals surface area contributed by atoms with Gasteiger partial charge in [-0.15, -0.1) is 0 Å². The zero-order chi connectivity index (χ0) is 22.3. The highest BCUT2D eigenvalue weighted by Crippen LogP contribution is 2.42. The summed E-state index contributed by atoms with van der Waals surface area (Å²) in [6, 6.07) is 14.0. The number of fused-ring (bicyclic) bond motifs is 1. The van der Waals surface area contributed by atoms with Crippen LogP contribution in [0.2, 0.25) is 0 Å². The fraction of sp³-hybridized carbons (Fsp3) is 0.273. The Morgan fingerprint density at radius 1 is 0.967 bits per heavy atom. The van der Waals surface area contributed by atoms with Gasteiger partial charge in [0.2, 0.25) is 0 Å². The van der Waals surface area contributed by atoms with E-state index in [0.29, 0.717) is 12.2 Å². The molecule has 1 aliphatic rings. The van der Waals surface area contributed by atoms with Crippen molar-refractivity contribution in [1.82, 2.24) is 5.32 Å². The Bertz CT molecular complexity index is 909. The van der Waals surface area contributed by atoms with Gasteiger partial charge in [0, 0.05) is 24.1 Å². The largest absolute Gasteiger partial charge is 0.478 e. The average Bonchev–Trinajstić information content (AvgIpc) is 2.71. The molecule has 30 heavy (non-hydrogen) atoms. The van der Waals surface area contributed by atoms with Crippen molar-refractivity contribution < 1.29 is 33.0 Å². The summed E-state index contributed by atoms with van der Waals surface area (Å²) < 4.78 is 38.8. The van der Waals surface area contributed by atoms with Crippen molar-refractivity contribution >= 4 is 11.9 Å². The molecule has 2 aromatic carbocycles. The standard InChI is InChI=1S/C18H18F3N.C4H4O4/c1-22-17-10-9-14(15-7-2-3-8-16(15)17)12-5-4-6-13(11-12)18(19,20)21;5-3(6)1-2-4(7)8/h2-8,11,14,17,22H,9-10H2,1H3;1-2H,(H,5,6)(H,7,8)/b;2-1-/t14-,17+;/m0./s1. The first-order valence-electron chi connectivity index (χ1n) is 9.20. The van der Waals surface area contributed by atoms with Crippen molar-refractivity contribution in [3.05, 3.63) is 82.9 Å². The molecule has 0 aliphatic heterocycles. The van der Waals surface area contributed by atoms with Crippen molar-refractivity contribution in [2.45, 2.75) is 31.0 Å². The van der Waals surface area contributed by atoms with Gasteiger partial charge >= 0.3 is 18.1 Å². The molecule has 3 N–H and O–H groups in total. The minimum Gasteiger partial charge on any atom is -0.478 e. The van der Waals surface area contributed by atoms with E-state index < -0.39 is 23.7 Å². The van der Waals surface area contributed by atoms with Gasteiger partial charge in [-0.05, 0) is 42.6 Å². The summed E-state index contributed by atoms with van der Waals surface area (Å²) in [5.41, 5.74) is 2.50. The van der Waals surface area contributed by atoms with Crippen molar-refractivity contribution in [3.8, 4) is 0 Å². The van der Waals surface area contributed by atoms with Crippen LogP contribution in [0.25, 0.3) is 0 Å². The second kappa shape index (κ2) is 10.1. The first-order valence-corrected chi connectivity index (χ1v) is 9.20. The molecule has 8 heteroatoms. The van der Waals surface area contributed by atoms with Crippen LogP contribution in [-0.2, 0) is 15.8 Å². The van der Waals surface area contributed by atoms with Crippen LogP contribution in [0.15, 0.2) is 60.7 Å². The summed E-state index contributed by atoms with van der Waals surface area (Å²) in [7, 11) is 1.92. The normalized spacial score (nSPS) is 18.3. The van der Waals surface area contributed by atoms with Gasteiger partial charge in [0.05, 0.1) is 5.56 Å². The highest BCUT2D eigenvalue weighted by molar-refractivity contribution is 5.89. The van der Waals surface area contributed by atoms with Crippen LogP contribution < -0.4 is 5.32 Å². The van der Waals surface area contributed by atoms with Crippen molar-refractivity contribution in [3.63, 3.8) is 0 Å². The summed E-state index contributed by atoms with van der Waals surface area (Å²) in [6.07, 6.45) is -1.40. The van der Waals surface area contributed by atoms with Crippen LogP contribution in [0.3, 0.4) is 0 Å². The predicted molar refractivity (Wildman–Crippen MR) is 105 cm³/mol. The van der Waals surface area contributed by atoms with E-state index in [1.54, 1.807) is 6.07 Å². The Kier molecular flexibility index (Phi) is 7.77. The SMILES string of the molecule is CN[C@@H]1CC[C@@H](c2cccc(C(F)(F)F)c2)c2ccccc21.O=C(O)/C=C\C(=O)O. The van der Waals surface area contributed by atoms with Gasteiger partial charge in [-0.3, -0.25) is 0 Å². The molecule has 3 rings (SSSR count). The Morgan fingerprint density at radius 2 is 1.57 bits per heavy atom. The van der Waals surface area contributed by atoms with Gasteiger partial charge in [0.25, 0.3) is 0 Å². The molecule has 2 aromatic rings. The number of benzene rings is 2. The van der Waals surface area contributed by atoms with Crippen molar-refractivity contribution in [2.75, 3.05) is 7.05 Å². The number of rotatable bonds is 4. The molecule has 5 nitrogen and oxygen atoms in total. The maximum absolute atomic E-state index is 12.9. The molecular formula is C22H22F3NO4. The molecule has 0 amide bonds. The number of carbonyl (C=O) groups is 2. The predicted octanol–water partition coefficient (Wildman–Crippen LogP) is 4.60. The molecule has 0 heterocycles. The van der Waals surface area contributed by atoms with Crippen LogP contribution in [0.1, 0.15) is 47.1 Å². The van der Waals surface area contributed by atoms with Crippen LogP contribution in [-0.4, -0.2) is 29.2 Å². The van der Waals surface area contributed by atoms with Gasteiger partial charge < -0.3 is 15.5 Å². The summed E-state index contributed by atoms with van der Waals surface area (Å²) in [4.78, 5) is 19.1. The first kappa shape index (κ1) is 23.2. The Labute approximate surface area is 171 Å². The molecular weight excluding hydrogens is 399 g/mol. The molecule has 2 atom stereocenters.